The third-order valence-corrected chi connectivity index (χ3v) is 2.68. The standard InChI is InChI=1S/C9H16N4O4/c1-3-5-6(12-13-10)8(15)7(9(16)17-5)11-4(2)14/h5-9,15-16H,3H2,1-2H3,(H,11,14)/t5?,6-,7?,8+,9?/m1/s1. The molecule has 0 spiro atoms. The van der Waals surface area contributed by atoms with Crippen LogP contribution in [0.1, 0.15) is 20.3 Å². The lowest BCUT2D eigenvalue weighted by Crippen LogP contribution is -2.62. The first-order chi connectivity index (χ1) is 8.01. The molecule has 1 saturated heterocycles. The van der Waals surface area contributed by atoms with E-state index in [4.69, 9.17) is 10.3 Å². The predicted molar refractivity (Wildman–Crippen MR) is 57.7 cm³/mol. The van der Waals surface area contributed by atoms with Crippen LogP contribution in [0.4, 0.5) is 0 Å². The van der Waals surface area contributed by atoms with Crippen LogP contribution >= 0.6 is 0 Å². The van der Waals surface area contributed by atoms with E-state index in [0.29, 0.717) is 6.42 Å². The van der Waals surface area contributed by atoms with Gasteiger partial charge in [0, 0.05) is 11.8 Å². The maximum atomic E-state index is 10.9. The van der Waals surface area contributed by atoms with E-state index in [2.05, 4.69) is 15.3 Å². The topological polar surface area (TPSA) is 128 Å². The Morgan fingerprint density at radius 2 is 2.24 bits per heavy atom. The number of aliphatic hydroxyl groups is 2. The lowest BCUT2D eigenvalue weighted by Gasteiger charge is -2.41. The number of ether oxygens (including phenoxy) is 1. The summed E-state index contributed by atoms with van der Waals surface area (Å²) < 4.78 is 5.20. The molecule has 1 aliphatic rings. The molecular weight excluding hydrogens is 228 g/mol. The maximum Gasteiger partial charge on any atom is 0.217 e. The van der Waals surface area contributed by atoms with Crippen LogP contribution < -0.4 is 5.32 Å². The number of amides is 1. The highest BCUT2D eigenvalue weighted by molar-refractivity contribution is 5.73. The molecule has 5 atom stereocenters. The normalized spacial score (nSPS) is 37.1. The monoisotopic (exact) mass is 244 g/mol. The number of rotatable bonds is 3. The number of aliphatic hydroxyl groups excluding tert-OH is 2. The van der Waals surface area contributed by atoms with Crippen LogP contribution in [0, 0.1) is 0 Å². The molecule has 96 valence electrons. The quantitative estimate of drug-likeness (QED) is 0.356. The van der Waals surface area contributed by atoms with Crippen LogP contribution in [0.25, 0.3) is 10.4 Å². The van der Waals surface area contributed by atoms with E-state index >= 15 is 0 Å². The summed E-state index contributed by atoms with van der Waals surface area (Å²) in [5, 5.41) is 25.4. The summed E-state index contributed by atoms with van der Waals surface area (Å²) in [7, 11) is 0. The van der Waals surface area contributed by atoms with Gasteiger partial charge < -0.3 is 20.3 Å². The molecule has 1 rings (SSSR count). The van der Waals surface area contributed by atoms with Gasteiger partial charge in [-0.2, -0.15) is 0 Å². The van der Waals surface area contributed by atoms with Gasteiger partial charge in [0.2, 0.25) is 5.91 Å². The van der Waals surface area contributed by atoms with Gasteiger partial charge in [-0.1, -0.05) is 12.0 Å². The Hall–Kier alpha value is -1.34. The molecule has 1 fully saturated rings. The van der Waals surface area contributed by atoms with Gasteiger partial charge in [-0.3, -0.25) is 4.79 Å². The summed E-state index contributed by atoms with van der Waals surface area (Å²) in [4.78, 5) is 13.6. The Balaban J connectivity index is 2.88. The summed E-state index contributed by atoms with van der Waals surface area (Å²) >= 11 is 0. The number of azide groups is 1. The number of carbonyl (C=O) groups excluding carboxylic acids is 1. The van der Waals surface area contributed by atoms with Crippen molar-refractivity contribution in [1.29, 1.82) is 0 Å². The van der Waals surface area contributed by atoms with Crippen molar-refractivity contribution < 1.29 is 19.7 Å². The number of nitrogens with zero attached hydrogens (tertiary/aromatic N) is 3. The highest BCUT2D eigenvalue weighted by atomic mass is 16.6. The van der Waals surface area contributed by atoms with Gasteiger partial charge in [-0.05, 0) is 12.0 Å². The Bertz CT molecular complexity index is 331. The molecular formula is C9H16N4O4. The van der Waals surface area contributed by atoms with Gasteiger partial charge in [0.25, 0.3) is 0 Å². The van der Waals surface area contributed by atoms with Gasteiger partial charge in [0.15, 0.2) is 6.29 Å². The van der Waals surface area contributed by atoms with E-state index in [9.17, 15) is 15.0 Å². The number of hydrogen-bond acceptors (Lipinski definition) is 5. The molecule has 3 unspecified atom stereocenters. The summed E-state index contributed by atoms with van der Waals surface area (Å²) in [6.07, 6.45) is -2.58. The largest absolute Gasteiger partial charge is 0.390 e. The number of nitrogens with one attached hydrogen (secondary N) is 1. The van der Waals surface area contributed by atoms with E-state index in [0.717, 1.165) is 0 Å². The van der Waals surface area contributed by atoms with Crippen LogP contribution in [-0.2, 0) is 9.53 Å². The van der Waals surface area contributed by atoms with Gasteiger partial charge in [-0.15, -0.1) is 0 Å². The van der Waals surface area contributed by atoms with Crippen LogP contribution in [0.3, 0.4) is 0 Å². The third-order valence-electron chi connectivity index (χ3n) is 2.68. The molecule has 1 amide bonds. The summed E-state index contributed by atoms with van der Waals surface area (Å²) in [6.45, 7) is 3.04. The van der Waals surface area contributed by atoms with Crippen LogP contribution in [0.2, 0.25) is 0 Å². The number of hydrogen-bond donors (Lipinski definition) is 3. The SMILES string of the molecule is CCC1OC(O)C(NC(C)=O)[C@@H](O)[C@@H]1N=[N+]=[N-]. The summed E-state index contributed by atoms with van der Waals surface area (Å²) in [5.74, 6) is -0.411. The van der Waals surface area contributed by atoms with E-state index in [1.54, 1.807) is 6.92 Å². The smallest absolute Gasteiger partial charge is 0.217 e. The zero-order valence-corrected chi connectivity index (χ0v) is 9.65. The summed E-state index contributed by atoms with van der Waals surface area (Å²) in [5.41, 5.74) is 8.43. The molecule has 0 radical (unpaired) electrons. The molecule has 8 nitrogen and oxygen atoms in total. The minimum atomic E-state index is -1.32. The minimum Gasteiger partial charge on any atom is -0.390 e. The van der Waals surface area contributed by atoms with Crippen molar-refractivity contribution in [2.24, 2.45) is 5.11 Å². The highest BCUT2D eigenvalue weighted by Crippen LogP contribution is 2.24. The Morgan fingerprint density at radius 3 is 2.71 bits per heavy atom. The molecule has 1 aliphatic heterocycles. The van der Waals surface area contributed by atoms with Crippen molar-refractivity contribution >= 4 is 5.91 Å². The van der Waals surface area contributed by atoms with Crippen molar-refractivity contribution in [3.05, 3.63) is 10.4 Å². The van der Waals surface area contributed by atoms with Gasteiger partial charge in [0.05, 0.1) is 18.2 Å². The average Bonchev–Trinajstić information content (AvgIpc) is 2.27. The molecule has 0 aromatic heterocycles. The maximum absolute atomic E-state index is 10.9. The van der Waals surface area contributed by atoms with Crippen molar-refractivity contribution in [3.8, 4) is 0 Å². The molecule has 1 heterocycles. The predicted octanol–water partition coefficient (Wildman–Crippen LogP) is -0.342. The zero-order valence-electron chi connectivity index (χ0n) is 9.65. The second-order valence-electron chi connectivity index (χ2n) is 3.89. The highest BCUT2D eigenvalue weighted by Gasteiger charge is 2.43. The number of carbonyl (C=O) groups is 1. The second-order valence-corrected chi connectivity index (χ2v) is 3.89. The van der Waals surface area contributed by atoms with Gasteiger partial charge >= 0.3 is 0 Å². The Kier molecular flexibility index (Phi) is 4.71. The summed E-state index contributed by atoms with van der Waals surface area (Å²) in [6, 6.07) is -1.82. The van der Waals surface area contributed by atoms with Crippen molar-refractivity contribution in [3.63, 3.8) is 0 Å². The molecule has 0 aromatic rings. The first-order valence-corrected chi connectivity index (χ1v) is 5.34. The van der Waals surface area contributed by atoms with Crippen molar-refractivity contribution in [2.75, 3.05) is 0 Å². The molecule has 17 heavy (non-hydrogen) atoms. The van der Waals surface area contributed by atoms with Crippen molar-refractivity contribution in [1.82, 2.24) is 5.32 Å². The second kappa shape index (κ2) is 5.83. The fraction of sp³-hybridized carbons (Fsp3) is 0.889. The van der Waals surface area contributed by atoms with Crippen LogP contribution in [-0.4, -0.2) is 46.7 Å². The van der Waals surface area contributed by atoms with E-state index in [-0.39, 0.29) is 0 Å². The van der Waals surface area contributed by atoms with Crippen molar-refractivity contribution in [2.45, 2.75) is 50.8 Å². The molecule has 0 bridgehead atoms. The average molecular weight is 244 g/mol. The molecule has 0 aromatic carbocycles. The van der Waals surface area contributed by atoms with Crippen LogP contribution in [0.5, 0.6) is 0 Å². The fourth-order valence-electron chi connectivity index (χ4n) is 1.88. The Morgan fingerprint density at radius 1 is 1.59 bits per heavy atom. The molecule has 3 N–H and O–H groups in total. The van der Waals surface area contributed by atoms with E-state index in [1.165, 1.54) is 6.92 Å². The Labute approximate surface area is 98.2 Å². The first kappa shape index (κ1) is 13.7. The molecule has 8 heteroatoms. The third kappa shape index (κ3) is 3.07. The van der Waals surface area contributed by atoms with E-state index < -0.39 is 36.5 Å². The van der Waals surface area contributed by atoms with Crippen LogP contribution in [0.15, 0.2) is 5.11 Å². The van der Waals surface area contributed by atoms with Gasteiger partial charge in [-0.25, -0.2) is 0 Å². The lowest BCUT2D eigenvalue weighted by molar-refractivity contribution is -0.215. The first-order valence-electron chi connectivity index (χ1n) is 5.34. The van der Waals surface area contributed by atoms with Gasteiger partial charge in [0.1, 0.15) is 6.04 Å². The zero-order chi connectivity index (χ0) is 13.0. The fourth-order valence-corrected chi connectivity index (χ4v) is 1.88. The molecule has 0 saturated carbocycles. The minimum absolute atomic E-state index is 0.411. The molecule has 0 aliphatic carbocycles. The lowest BCUT2D eigenvalue weighted by atomic mass is 9.93. The van der Waals surface area contributed by atoms with E-state index in [1.807, 2.05) is 0 Å².